The molecule has 3 aromatic rings. The normalized spacial score (nSPS) is 11.7. The second-order valence-corrected chi connectivity index (χ2v) is 6.30. The number of hydrogen-bond acceptors (Lipinski definition) is 4. The molecule has 0 N–H and O–H groups in total. The van der Waals surface area contributed by atoms with Gasteiger partial charge < -0.3 is 9.30 Å². The summed E-state index contributed by atoms with van der Waals surface area (Å²) in [5.41, 5.74) is -0.0324. The number of nitro benzene ring substituents is 1. The number of fused-ring (bicyclic) bond motifs is 1. The highest BCUT2D eigenvalue weighted by Gasteiger charge is 2.31. The number of aryl methyl sites for hydroxylation is 1. The molecule has 0 unspecified atom stereocenters. The molecule has 0 amide bonds. The fraction of sp³-hybridized carbons (Fsp3) is 0.278. The SMILES string of the molecule is CCn1c(C(C)(C)Oc2cc(F)ccc2F)nc2cc([N+](=O)[O-])ccc21. The van der Waals surface area contributed by atoms with Gasteiger partial charge in [-0.15, -0.1) is 0 Å². The lowest BCUT2D eigenvalue weighted by molar-refractivity contribution is -0.384. The highest BCUT2D eigenvalue weighted by molar-refractivity contribution is 5.79. The third kappa shape index (κ3) is 3.10. The quantitative estimate of drug-likeness (QED) is 0.493. The van der Waals surface area contributed by atoms with Crippen LogP contribution in [0.1, 0.15) is 26.6 Å². The maximum atomic E-state index is 14.0. The molecule has 8 heteroatoms. The van der Waals surface area contributed by atoms with Crippen LogP contribution in [0.25, 0.3) is 11.0 Å². The van der Waals surface area contributed by atoms with E-state index in [-0.39, 0.29) is 11.4 Å². The Morgan fingerprint density at radius 2 is 1.96 bits per heavy atom. The van der Waals surface area contributed by atoms with Gasteiger partial charge in [-0.25, -0.2) is 13.8 Å². The van der Waals surface area contributed by atoms with Crippen molar-refractivity contribution >= 4 is 16.7 Å². The number of nitro groups is 1. The van der Waals surface area contributed by atoms with Crippen molar-refractivity contribution in [1.82, 2.24) is 9.55 Å². The second-order valence-electron chi connectivity index (χ2n) is 6.30. The summed E-state index contributed by atoms with van der Waals surface area (Å²) in [7, 11) is 0. The van der Waals surface area contributed by atoms with Gasteiger partial charge in [0, 0.05) is 24.7 Å². The van der Waals surface area contributed by atoms with E-state index in [0.717, 1.165) is 18.2 Å². The Morgan fingerprint density at radius 1 is 1.23 bits per heavy atom. The molecule has 26 heavy (non-hydrogen) atoms. The number of non-ortho nitro benzene ring substituents is 1. The van der Waals surface area contributed by atoms with E-state index in [1.807, 2.05) is 11.5 Å². The first kappa shape index (κ1) is 17.8. The number of aromatic nitrogens is 2. The lowest BCUT2D eigenvalue weighted by Crippen LogP contribution is -2.30. The van der Waals surface area contributed by atoms with E-state index in [4.69, 9.17) is 4.74 Å². The van der Waals surface area contributed by atoms with E-state index in [9.17, 15) is 18.9 Å². The largest absolute Gasteiger partial charge is 0.477 e. The Hall–Kier alpha value is -3.03. The number of halogens is 2. The first-order chi connectivity index (χ1) is 12.2. The summed E-state index contributed by atoms with van der Waals surface area (Å²) in [6.07, 6.45) is 0. The minimum Gasteiger partial charge on any atom is -0.477 e. The van der Waals surface area contributed by atoms with Gasteiger partial charge in [-0.3, -0.25) is 10.1 Å². The monoisotopic (exact) mass is 361 g/mol. The minimum absolute atomic E-state index is 0.0697. The molecule has 136 valence electrons. The molecule has 6 nitrogen and oxygen atoms in total. The van der Waals surface area contributed by atoms with E-state index in [2.05, 4.69) is 4.98 Å². The van der Waals surface area contributed by atoms with Crippen LogP contribution < -0.4 is 4.74 Å². The fourth-order valence-electron chi connectivity index (χ4n) is 2.89. The van der Waals surface area contributed by atoms with Crippen LogP contribution in [0.5, 0.6) is 5.75 Å². The van der Waals surface area contributed by atoms with Crippen LogP contribution in [0.15, 0.2) is 36.4 Å². The molecular weight excluding hydrogens is 344 g/mol. The maximum Gasteiger partial charge on any atom is 0.271 e. The van der Waals surface area contributed by atoms with Gasteiger partial charge in [-0.05, 0) is 39.0 Å². The standard InChI is InChI=1S/C18H17F2N3O3/c1-4-22-15-8-6-12(23(24)25)10-14(15)21-17(22)18(2,3)26-16-9-11(19)5-7-13(16)20/h5-10H,4H2,1-3H3. The summed E-state index contributed by atoms with van der Waals surface area (Å²) in [5.74, 6) is -1.07. The molecule has 0 fully saturated rings. The Kier molecular flexibility index (Phi) is 4.35. The number of rotatable bonds is 5. The molecule has 0 saturated heterocycles. The van der Waals surface area contributed by atoms with Gasteiger partial charge in [0.05, 0.1) is 16.0 Å². The molecule has 1 heterocycles. The Bertz CT molecular complexity index is 999. The topological polar surface area (TPSA) is 70.2 Å². The first-order valence-electron chi connectivity index (χ1n) is 8.02. The van der Waals surface area contributed by atoms with Gasteiger partial charge in [0.1, 0.15) is 5.82 Å². The molecule has 0 spiro atoms. The molecule has 0 saturated carbocycles. The minimum atomic E-state index is -1.10. The van der Waals surface area contributed by atoms with Gasteiger partial charge in [0.25, 0.3) is 5.69 Å². The van der Waals surface area contributed by atoms with Crippen LogP contribution in [0, 0.1) is 21.7 Å². The number of hydrogen-bond donors (Lipinski definition) is 0. The van der Waals surface area contributed by atoms with E-state index >= 15 is 0 Å². The summed E-state index contributed by atoms with van der Waals surface area (Å²) < 4.78 is 34.9. The number of imidazole rings is 1. The van der Waals surface area contributed by atoms with Crippen molar-refractivity contribution in [2.24, 2.45) is 0 Å². The van der Waals surface area contributed by atoms with E-state index in [1.54, 1.807) is 19.9 Å². The van der Waals surface area contributed by atoms with Crippen molar-refractivity contribution < 1.29 is 18.4 Å². The summed E-state index contributed by atoms with van der Waals surface area (Å²) in [6, 6.07) is 7.37. The van der Waals surface area contributed by atoms with E-state index in [1.165, 1.54) is 12.1 Å². The summed E-state index contributed by atoms with van der Waals surface area (Å²) in [4.78, 5) is 15.0. The Balaban J connectivity index is 2.09. The molecule has 0 aliphatic carbocycles. The van der Waals surface area contributed by atoms with Crippen molar-refractivity contribution in [3.63, 3.8) is 0 Å². The van der Waals surface area contributed by atoms with E-state index < -0.39 is 22.2 Å². The molecule has 2 aromatic carbocycles. The molecule has 3 rings (SSSR count). The highest BCUT2D eigenvalue weighted by atomic mass is 19.1. The van der Waals surface area contributed by atoms with E-state index in [0.29, 0.717) is 23.4 Å². The van der Waals surface area contributed by atoms with Crippen molar-refractivity contribution in [3.05, 3.63) is 64.0 Å². The predicted octanol–water partition coefficient (Wildman–Crippen LogP) is 4.56. The summed E-state index contributed by atoms with van der Waals surface area (Å²) in [6.45, 7) is 5.78. The molecule has 1 aromatic heterocycles. The van der Waals surface area contributed by atoms with Crippen molar-refractivity contribution in [2.75, 3.05) is 0 Å². The average Bonchev–Trinajstić information content (AvgIpc) is 2.96. The molecule has 0 aliphatic rings. The zero-order valence-corrected chi connectivity index (χ0v) is 14.5. The third-order valence-electron chi connectivity index (χ3n) is 4.06. The van der Waals surface area contributed by atoms with Crippen LogP contribution in [0.2, 0.25) is 0 Å². The predicted molar refractivity (Wildman–Crippen MR) is 92.1 cm³/mol. The molecule has 0 atom stereocenters. The van der Waals surface area contributed by atoms with Gasteiger partial charge in [-0.2, -0.15) is 0 Å². The molecule has 0 radical (unpaired) electrons. The smallest absolute Gasteiger partial charge is 0.271 e. The molecule has 0 bridgehead atoms. The van der Waals surface area contributed by atoms with Crippen LogP contribution in [0.4, 0.5) is 14.5 Å². The van der Waals surface area contributed by atoms with Crippen molar-refractivity contribution in [3.8, 4) is 5.75 Å². The summed E-state index contributed by atoms with van der Waals surface area (Å²) >= 11 is 0. The Morgan fingerprint density at radius 3 is 2.62 bits per heavy atom. The average molecular weight is 361 g/mol. The van der Waals surface area contributed by atoms with Crippen LogP contribution in [-0.2, 0) is 12.1 Å². The zero-order valence-electron chi connectivity index (χ0n) is 14.5. The third-order valence-corrected chi connectivity index (χ3v) is 4.06. The lowest BCUT2D eigenvalue weighted by Gasteiger charge is -2.26. The number of ether oxygens (including phenoxy) is 1. The second kappa shape index (κ2) is 6.36. The van der Waals surface area contributed by atoms with Crippen LogP contribution in [-0.4, -0.2) is 14.5 Å². The summed E-state index contributed by atoms with van der Waals surface area (Å²) in [5, 5.41) is 11.0. The zero-order chi connectivity index (χ0) is 19.1. The van der Waals surface area contributed by atoms with Gasteiger partial charge in [0.2, 0.25) is 0 Å². The Labute approximate surface area is 148 Å². The molecular formula is C18H17F2N3O3. The lowest BCUT2D eigenvalue weighted by atomic mass is 10.1. The van der Waals surface area contributed by atoms with Crippen LogP contribution in [0.3, 0.4) is 0 Å². The van der Waals surface area contributed by atoms with Gasteiger partial charge >= 0.3 is 0 Å². The maximum absolute atomic E-state index is 14.0. The van der Waals surface area contributed by atoms with Gasteiger partial charge in [-0.1, -0.05) is 0 Å². The molecule has 0 aliphatic heterocycles. The number of nitrogens with zero attached hydrogens (tertiary/aromatic N) is 3. The highest BCUT2D eigenvalue weighted by Crippen LogP contribution is 2.32. The van der Waals surface area contributed by atoms with Gasteiger partial charge in [0.15, 0.2) is 23.0 Å². The van der Waals surface area contributed by atoms with Crippen LogP contribution >= 0.6 is 0 Å². The fourth-order valence-corrected chi connectivity index (χ4v) is 2.89. The van der Waals surface area contributed by atoms with Crippen molar-refractivity contribution in [1.29, 1.82) is 0 Å². The number of benzene rings is 2. The van der Waals surface area contributed by atoms with Crippen molar-refractivity contribution in [2.45, 2.75) is 32.9 Å². The first-order valence-corrected chi connectivity index (χ1v) is 8.02.